The fourth-order valence-electron chi connectivity index (χ4n) is 8.79. The first kappa shape index (κ1) is 50.7. The van der Waals surface area contributed by atoms with Gasteiger partial charge in [-0.15, -0.1) is 0 Å². The number of carbonyl (C=O) groups is 2. The van der Waals surface area contributed by atoms with E-state index in [0.717, 1.165) is 97.6 Å². The van der Waals surface area contributed by atoms with Crippen LogP contribution in [0.25, 0.3) is 11.3 Å². The molecule has 68 heavy (non-hydrogen) atoms. The summed E-state index contributed by atoms with van der Waals surface area (Å²) in [5.41, 5.74) is 12.1. The number of aryl methyl sites for hydroxylation is 1. The molecule has 0 fully saturated rings. The predicted octanol–water partition coefficient (Wildman–Crippen LogP) is 11.3. The molecule has 0 saturated carbocycles. The minimum atomic E-state index is -0.267. The number of nitrogens with zero attached hydrogens (tertiary/aromatic N) is 5. The number of halogens is 1. The molecule has 0 aliphatic carbocycles. The van der Waals surface area contributed by atoms with E-state index in [4.69, 9.17) is 9.47 Å². The number of aromatic nitrogens is 3. The number of benzene rings is 4. The van der Waals surface area contributed by atoms with Crippen LogP contribution >= 0.6 is 0 Å². The van der Waals surface area contributed by atoms with Crippen molar-refractivity contribution in [3.63, 3.8) is 0 Å². The first-order valence-corrected chi connectivity index (χ1v) is 24.0. The Morgan fingerprint density at radius 2 is 1.63 bits per heavy atom. The lowest BCUT2D eigenvalue weighted by atomic mass is 9.83. The molecular formula is C56H69FN6O5. The molecule has 1 aliphatic heterocycles. The summed E-state index contributed by atoms with van der Waals surface area (Å²) in [6.45, 7) is 16.8. The number of aromatic hydroxyl groups is 1. The number of phenolic OH excluding ortho intramolecular Hbond substituents is 1. The minimum absolute atomic E-state index is 0.0510. The number of fused-ring (bicyclic) bond motifs is 1. The van der Waals surface area contributed by atoms with Gasteiger partial charge in [0.1, 0.15) is 17.3 Å². The second-order valence-electron chi connectivity index (χ2n) is 17.5. The molecule has 4 aromatic carbocycles. The molecule has 0 spiro atoms. The van der Waals surface area contributed by atoms with E-state index in [0.29, 0.717) is 54.4 Å². The van der Waals surface area contributed by atoms with Gasteiger partial charge in [0.2, 0.25) is 6.41 Å². The smallest absolute Gasteiger partial charge is 0.264 e. The SMILES string of the molecule is CC=C(Cc1ccc(OCCC)cc1F)N1CCc2cc(-c3cc(C(=O)N(c4ccc(O)cc4)c4cnn(C)c4)c(C)n3C)c(C(C)Cc3ccccc3CNC=O)cc2C1.CCCOCCC. The summed E-state index contributed by atoms with van der Waals surface area (Å²) in [5.74, 6) is 0.229. The Morgan fingerprint density at radius 3 is 2.28 bits per heavy atom. The number of anilines is 2. The predicted molar refractivity (Wildman–Crippen MR) is 270 cm³/mol. The van der Waals surface area contributed by atoms with Crippen molar-refractivity contribution in [3.8, 4) is 22.8 Å². The van der Waals surface area contributed by atoms with Gasteiger partial charge in [0, 0.05) is 94.0 Å². The number of hydrogen-bond acceptors (Lipinski definition) is 7. The average Bonchev–Trinajstić information content (AvgIpc) is 3.91. The van der Waals surface area contributed by atoms with Crippen LogP contribution in [-0.4, -0.2) is 63.0 Å². The topological polar surface area (TPSA) is 114 Å². The monoisotopic (exact) mass is 925 g/mol. The van der Waals surface area contributed by atoms with Gasteiger partial charge in [0.25, 0.3) is 5.91 Å². The third-order valence-corrected chi connectivity index (χ3v) is 12.5. The van der Waals surface area contributed by atoms with Crippen molar-refractivity contribution in [1.29, 1.82) is 0 Å². The van der Waals surface area contributed by atoms with E-state index in [1.54, 1.807) is 46.2 Å². The number of hydrogen-bond donors (Lipinski definition) is 2. The number of carbonyl (C=O) groups excluding carboxylic acids is 2. The van der Waals surface area contributed by atoms with Crippen molar-refractivity contribution in [3.05, 3.63) is 160 Å². The second kappa shape index (κ2) is 24.4. The minimum Gasteiger partial charge on any atom is -0.508 e. The van der Waals surface area contributed by atoms with Crippen molar-refractivity contribution in [2.45, 2.75) is 99.1 Å². The molecule has 2 aromatic heterocycles. The number of nitrogens with one attached hydrogen (secondary N) is 1. The maximum absolute atomic E-state index is 15.4. The molecule has 1 aliphatic rings. The zero-order chi connectivity index (χ0) is 48.7. The highest BCUT2D eigenvalue weighted by molar-refractivity contribution is 6.12. The van der Waals surface area contributed by atoms with Gasteiger partial charge in [-0.1, -0.05) is 70.2 Å². The first-order chi connectivity index (χ1) is 32.9. The summed E-state index contributed by atoms with van der Waals surface area (Å²) in [6, 6.07) is 26.6. The van der Waals surface area contributed by atoms with E-state index < -0.39 is 0 Å². The number of ether oxygens (including phenoxy) is 2. The number of rotatable bonds is 20. The van der Waals surface area contributed by atoms with Gasteiger partial charge in [0.05, 0.1) is 24.1 Å². The van der Waals surface area contributed by atoms with Crippen LogP contribution in [0.1, 0.15) is 109 Å². The third kappa shape index (κ3) is 12.5. The second-order valence-corrected chi connectivity index (χ2v) is 17.5. The number of amides is 2. The van der Waals surface area contributed by atoms with Crippen LogP contribution in [0.3, 0.4) is 0 Å². The average molecular weight is 925 g/mol. The fourth-order valence-corrected chi connectivity index (χ4v) is 8.79. The van der Waals surface area contributed by atoms with Gasteiger partial charge in [-0.2, -0.15) is 5.10 Å². The van der Waals surface area contributed by atoms with Gasteiger partial charge in [-0.3, -0.25) is 19.2 Å². The summed E-state index contributed by atoms with van der Waals surface area (Å²) in [6.07, 6.45) is 11.4. The van der Waals surface area contributed by atoms with E-state index in [9.17, 15) is 14.7 Å². The Labute approximate surface area is 402 Å². The van der Waals surface area contributed by atoms with Gasteiger partial charge < -0.3 is 29.4 Å². The van der Waals surface area contributed by atoms with Crippen molar-refractivity contribution in [2.75, 3.05) is 31.3 Å². The van der Waals surface area contributed by atoms with Crippen LogP contribution in [0, 0.1) is 12.7 Å². The van der Waals surface area contributed by atoms with Crippen LogP contribution < -0.4 is 15.0 Å². The highest BCUT2D eigenvalue weighted by Crippen LogP contribution is 2.39. The molecule has 2 amide bonds. The standard InChI is InChI=1S/C50H55FN6O4.C6H14O/c1-7-21-61-44-18-13-37(48(51)26-44)23-40(8-2)56-20-19-36-24-47(45(25-39(36)30-56)33(3)22-35-11-9-10-12-38(35)28-52-32-58)49-27-46(34(4)55(49)6)50(60)57(42-29-53-54(5)31-42)41-14-16-43(59)17-15-41;1-3-5-7-6-4-2/h8-18,24-27,29,31-33,59H,7,19-23,28,30H2,1-6H3,(H,52,58);3-6H2,1-2H3. The van der Waals surface area contributed by atoms with Crippen molar-refractivity contribution >= 4 is 23.7 Å². The molecule has 0 bridgehead atoms. The van der Waals surface area contributed by atoms with Crippen LogP contribution in [0.2, 0.25) is 0 Å². The quantitative estimate of drug-likeness (QED) is 0.0579. The lowest BCUT2D eigenvalue weighted by Crippen LogP contribution is -2.31. The van der Waals surface area contributed by atoms with Crippen LogP contribution in [0.4, 0.5) is 15.8 Å². The van der Waals surface area contributed by atoms with E-state index in [2.05, 4.69) is 71.0 Å². The lowest BCUT2D eigenvalue weighted by molar-refractivity contribution is -0.109. The summed E-state index contributed by atoms with van der Waals surface area (Å²) in [4.78, 5) is 30.0. The van der Waals surface area contributed by atoms with Crippen molar-refractivity contribution in [2.24, 2.45) is 14.1 Å². The van der Waals surface area contributed by atoms with Gasteiger partial charge in [0.15, 0.2) is 0 Å². The van der Waals surface area contributed by atoms with E-state index >= 15 is 4.39 Å². The molecule has 7 rings (SSSR count). The van der Waals surface area contributed by atoms with E-state index in [1.165, 1.54) is 17.2 Å². The Balaban J connectivity index is 0.00000101. The highest BCUT2D eigenvalue weighted by Gasteiger charge is 2.29. The van der Waals surface area contributed by atoms with Crippen LogP contribution in [-0.2, 0) is 56.0 Å². The number of allylic oxidation sites excluding steroid dienone is 2. The zero-order valence-corrected chi connectivity index (χ0v) is 41.1. The molecule has 11 nitrogen and oxygen atoms in total. The lowest BCUT2D eigenvalue weighted by Gasteiger charge is -2.34. The fraction of sp³-hybridized carbons (Fsp3) is 0.375. The molecule has 3 heterocycles. The summed E-state index contributed by atoms with van der Waals surface area (Å²) >= 11 is 0. The molecule has 1 atom stereocenters. The molecule has 0 saturated heterocycles. The highest BCUT2D eigenvalue weighted by atomic mass is 19.1. The Morgan fingerprint density at radius 1 is 0.912 bits per heavy atom. The maximum atomic E-state index is 15.4. The zero-order valence-electron chi connectivity index (χ0n) is 41.1. The normalized spacial score (nSPS) is 12.8. The molecule has 1 unspecified atom stereocenters. The summed E-state index contributed by atoms with van der Waals surface area (Å²) in [5, 5.41) is 17.3. The van der Waals surface area contributed by atoms with Gasteiger partial charge in [-0.25, -0.2) is 4.39 Å². The van der Waals surface area contributed by atoms with Crippen LogP contribution in [0.5, 0.6) is 11.5 Å². The largest absolute Gasteiger partial charge is 0.508 e. The maximum Gasteiger partial charge on any atom is 0.264 e. The Hall–Kier alpha value is -6.66. The van der Waals surface area contributed by atoms with Gasteiger partial charge >= 0.3 is 0 Å². The molecule has 0 radical (unpaired) electrons. The van der Waals surface area contributed by atoms with E-state index in [-0.39, 0.29) is 23.4 Å². The molecule has 6 aromatic rings. The van der Waals surface area contributed by atoms with E-state index in [1.807, 2.05) is 65.2 Å². The first-order valence-electron chi connectivity index (χ1n) is 24.0. The molecule has 12 heteroatoms. The summed E-state index contributed by atoms with van der Waals surface area (Å²) < 4.78 is 29.9. The van der Waals surface area contributed by atoms with Crippen molar-refractivity contribution in [1.82, 2.24) is 24.6 Å². The third-order valence-electron chi connectivity index (χ3n) is 12.5. The van der Waals surface area contributed by atoms with Crippen LogP contribution in [0.15, 0.2) is 109 Å². The molecule has 2 N–H and O–H groups in total. The number of phenols is 1. The Kier molecular flexibility index (Phi) is 18.2. The molecular weight excluding hydrogens is 856 g/mol. The van der Waals surface area contributed by atoms with Gasteiger partial charge in [-0.05, 0) is 128 Å². The Bertz CT molecular complexity index is 2650. The van der Waals surface area contributed by atoms with Crippen molar-refractivity contribution < 1.29 is 28.6 Å². The molecule has 360 valence electrons. The summed E-state index contributed by atoms with van der Waals surface area (Å²) in [7, 11) is 3.82.